The number of aromatic nitrogens is 2. The molecule has 2 amide bonds. The minimum atomic E-state index is -0.370. The highest BCUT2D eigenvalue weighted by atomic mass is 32.1. The van der Waals surface area contributed by atoms with E-state index in [4.69, 9.17) is 14.2 Å². The topological polar surface area (TPSA) is 146 Å². The molecular formula is C32H26N4O7S4. The number of amides is 2. The van der Waals surface area contributed by atoms with Gasteiger partial charge in [0.15, 0.2) is 10.3 Å². The molecule has 0 saturated heterocycles. The second kappa shape index (κ2) is 13.6. The van der Waals surface area contributed by atoms with Gasteiger partial charge in [-0.05, 0) is 87.4 Å². The van der Waals surface area contributed by atoms with Gasteiger partial charge in [0.1, 0.15) is 30.9 Å². The lowest BCUT2D eigenvalue weighted by Crippen LogP contribution is -2.11. The largest absolute Gasteiger partial charge is 0.462 e. The van der Waals surface area contributed by atoms with Gasteiger partial charge in [-0.25, -0.2) is 19.6 Å². The summed E-state index contributed by atoms with van der Waals surface area (Å²) in [5, 5.41) is 6.51. The lowest BCUT2D eigenvalue weighted by Gasteiger charge is -2.08. The Labute approximate surface area is 284 Å². The number of esters is 2. The van der Waals surface area contributed by atoms with Crippen LogP contribution < -0.4 is 15.4 Å². The molecule has 6 rings (SSSR count). The van der Waals surface area contributed by atoms with Crippen LogP contribution in [-0.2, 0) is 9.47 Å². The van der Waals surface area contributed by atoms with Gasteiger partial charge in [0.2, 0.25) is 0 Å². The van der Waals surface area contributed by atoms with Gasteiger partial charge in [-0.1, -0.05) is 22.7 Å². The van der Waals surface area contributed by atoms with E-state index in [2.05, 4.69) is 20.6 Å². The third-order valence-electron chi connectivity index (χ3n) is 6.78. The van der Waals surface area contributed by atoms with Crippen molar-refractivity contribution in [2.24, 2.45) is 0 Å². The highest BCUT2D eigenvalue weighted by Gasteiger charge is 2.22. The summed E-state index contributed by atoms with van der Waals surface area (Å²) in [6, 6.07) is 13.3. The summed E-state index contributed by atoms with van der Waals surface area (Å²) in [5.41, 5.74) is 2.42. The average molecular weight is 707 g/mol. The quantitative estimate of drug-likeness (QED) is 0.134. The fraction of sp³-hybridized carbons (Fsp3) is 0.188. The van der Waals surface area contributed by atoms with E-state index >= 15 is 0 Å². The molecule has 0 radical (unpaired) electrons. The number of nitrogens with one attached hydrogen (secondary N) is 2. The third kappa shape index (κ3) is 6.74. The second-order valence-corrected chi connectivity index (χ2v) is 13.9. The smallest absolute Gasteiger partial charge is 0.348 e. The van der Waals surface area contributed by atoms with Crippen LogP contribution in [0.2, 0.25) is 0 Å². The summed E-state index contributed by atoms with van der Waals surface area (Å²) in [6.45, 7) is 7.79. The highest BCUT2D eigenvalue weighted by molar-refractivity contribution is 7.30. The normalized spacial score (nSPS) is 11.1. The number of nitrogens with zero attached hydrogens (tertiary/aromatic N) is 2. The van der Waals surface area contributed by atoms with Gasteiger partial charge in [0.05, 0.1) is 22.6 Å². The van der Waals surface area contributed by atoms with Gasteiger partial charge in [-0.15, -0.1) is 22.7 Å². The molecule has 4 heterocycles. The van der Waals surface area contributed by atoms with E-state index in [0.717, 1.165) is 20.5 Å². The van der Waals surface area contributed by atoms with Crippen molar-refractivity contribution < 1.29 is 33.4 Å². The van der Waals surface area contributed by atoms with Crippen LogP contribution in [0.4, 0.5) is 10.3 Å². The van der Waals surface area contributed by atoms with E-state index in [1.54, 1.807) is 62.4 Å². The maximum absolute atomic E-state index is 12.9. The van der Waals surface area contributed by atoms with E-state index in [-0.39, 0.29) is 23.8 Å². The summed E-state index contributed by atoms with van der Waals surface area (Å²) in [5.74, 6) is -0.375. The van der Waals surface area contributed by atoms with Crippen molar-refractivity contribution in [3.63, 3.8) is 0 Å². The second-order valence-electron chi connectivity index (χ2n) is 9.92. The van der Waals surface area contributed by atoms with Crippen molar-refractivity contribution in [2.75, 3.05) is 23.8 Å². The van der Waals surface area contributed by atoms with Crippen molar-refractivity contribution in [1.82, 2.24) is 9.97 Å². The van der Waals surface area contributed by atoms with Crippen molar-refractivity contribution in [3.05, 3.63) is 80.5 Å². The summed E-state index contributed by atoms with van der Waals surface area (Å²) in [7, 11) is 0. The minimum Gasteiger partial charge on any atom is -0.462 e. The maximum Gasteiger partial charge on any atom is 0.348 e. The first-order valence-corrected chi connectivity index (χ1v) is 17.6. The maximum atomic E-state index is 12.9. The highest BCUT2D eigenvalue weighted by Crippen LogP contribution is 2.38. The molecule has 240 valence electrons. The van der Waals surface area contributed by atoms with Crippen molar-refractivity contribution in [3.8, 4) is 11.5 Å². The number of carbonyl (C=O) groups excluding carboxylic acids is 4. The van der Waals surface area contributed by atoms with Gasteiger partial charge >= 0.3 is 11.9 Å². The predicted octanol–water partition coefficient (Wildman–Crippen LogP) is 8.30. The zero-order valence-corrected chi connectivity index (χ0v) is 28.7. The summed E-state index contributed by atoms with van der Waals surface area (Å²) in [6.07, 6.45) is 0. The molecule has 6 aromatic rings. The molecule has 0 fully saturated rings. The van der Waals surface area contributed by atoms with E-state index < -0.39 is 0 Å². The Kier molecular flexibility index (Phi) is 9.31. The Morgan fingerprint density at radius 2 is 1.00 bits per heavy atom. The fourth-order valence-corrected chi connectivity index (χ4v) is 8.91. The number of aryl methyl sites for hydroxylation is 2. The molecule has 2 N–H and O–H groups in total. The molecule has 4 aromatic heterocycles. The molecule has 11 nitrogen and oxygen atoms in total. The van der Waals surface area contributed by atoms with Crippen LogP contribution in [0.15, 0.2) is 48.5 Å². The predicted molar refractivity (Wildman–Crippen MR) is 185 cm³/mol. The Morgan fingerprint density at radius 1 is 0.617 bits per heavy atom. The first-order valence-electron chi connectivity index (χ1n) is 14.3. The van der Waals surface area contributed by atoms with Crippen molar-refractivity contribution in [1.29, 1.82) is 0 Å². The standard InChI is InChI=1S/C32H26N4O7S4/c1-5-41-29(39)23-15(3)21-27(44-23)35-31(46-21)33-25(37)17-7-11-19(12-8-17)43-20-13-9-18(10-14-20)26(38)34-32-36-28-22(47-32)16(4)24(45-28)30(40)42-6-2/h7-14H,5-6H2,1-4H3,(H,33,35,37)(H,34,36,38). The molecule has 0 unspecified atom stereocenters. The van der Waals surface area contributed by atoms with Crippen LogP contribution in [0, 0.1) is 13.8 Å². The summed E-state index contributed by atoms with van der Waals surface area (Å²) >= 11 is 5.10. The number of benzene rings is 2. The minimum absolute atomic E-state index is 0.296. The number of anilines is 2. The van der Waals surface area contributed by atoms with Gasteiger partial charge < -0.3 is 14.2 Å². The molecular weight excluding hydrogens is 681 g/mol. The van der Waals surface area contributed by atoms with Crippen LogP contribution in [0.3, 0.4) is 0 Å². The van der Waals surface area contributed by atoms with Crippen molar-refractivity contribution >= 4 is 98.4 Å². The van der Waals surface area contributed by atoms with Crippen molar-refractivity contribution in [2.45, 2.75) is 27.7 Å². The zero-order valence-electron chi connectivity index (χ0n) is 25.4. The number of thiophene rings is 2. The first-order chi connectivity index (χ1) is 22.6. The van der Waals surface area contributed by atoms with Crippen LogP contribution >= 0.6 is 45.3 Å². The van der Waals surface area contributed by atoms with Crippen LogP contribution in [0.1, 0.15) is 65.0 Å². The Balaban J connectivity index is 1.04. The first kappa shape index (κ1) is 32.2. The van der Waals surface area contributed by atoms with E-state index in [0.29, 0.717) is 65.5 Å². The molecule has 47 heavy (non-hydrogen) atoms. The number of hydrogen-bond acceptors (Lipinski definition) is 13. The van der Waals surface area contributed by atoms with E-state index in [9.17, 15) is 19.2 Å². The molecule has 0 saturated carbocycles. The van der Waals surface area contributed by atoms with Crippen LogP contribution in [-0.4, -0.2) is 46.9 Å². The Morgan fingerprint density at radius 3 is 1.34 bits per heavy atom. The average Bonchev–Trinajstić information content (AvgIpc) is 3.79. The summed E-state index contributed by atoms with van der Waals surface area (Å²) < 4.78 is 17.8. The number of carbonyl (C=O) groups is 4. The monoisotopic (exact) mass is 706 g/mol. The number of ether oxygens (including phenoxy) is 3. The van der Waals surface area contributed by atoms with Crippen LogP contribution in [0.5, 0.6) is 11.5 Å². The van der Waals surface area contributed by atoms with Gasteiger partial charge in [-0.2, -0.15) is 0 Å². The van der Waals surface area contributed by atoms with E-state index in [1.807, 2.05) is 13.8 Å². The van der Waals surface area contributed by atoms with E-state index in [1.165, 1.54) is 45.3 Å². The molecule has 0 atom stereocenters. The molecule has 0 aliphatic carbocycles. The number of thiazole rings is 2. The fourth-order valence-electron chi connectivity index (χ4n) is 4.49. The molecule has 0 aliphatic rings. The van der Waals surface area contributed by atoms with Gasteiger partial charge in [0.25, 0.3) is 11.8 Å². The molecule has 0 spiro atoms. The van der Waals surface area contributed by atoms with Gasteiger partial charge in [0, 0.05) is 11.1 Å². The Hall–Kier alpha value is -4.70. The van der Waals surface area contributed by atoms with Gasteiger partial charge in [-0.3, -0.25) is 20.2 Å². The number of fused-ring (bicyclic) bond motifs is 2. The molecule has 0 aliphatic heterocycles. The zero-order chi connectivity index (χ0) is 33.2. The Bertz CT molecular complexity index is 1990. The third-order valence-corrected chi connectivity index (χ3v) is 11.6. The lowest BCUT2D eigenvalue weighted by atomic mass is 10.2. The SMILES string of the molecule is CCOC(=O)c1sc2nc(NC(=O)c3ccc(Oc4ccc(C(=O)Nc5nc6sc(C(=O)OCC)c(C)c6s5)cc4)cc3)sc2c1C. The number of rotatable bonds is 10. The van der Waals surface area contributed by atoms with Crippen LogP contribution in [0.25, 0.3) is 19.1 Å². The lowest BCUT2D eigenvalue weighted by molar-refractivity contribution is 0.0521. The summed E-state index contributed by atoms with van der Waals surface area (Å²) in [4.78, 5) is 61.3. The molecule has 15 heteroatoms. The molecule has 0 bridgehead atoms. The molecule has 2 aromatic carbocycles. The number of hydrogen-bond donors (Lipinski definition) is 2.